The number of rotatable bonds is 3. The van der Waals surface area contributed by atoms with Gasteiger partial charge in [-0.3, -0.25) is 4.79 Å². The van der Waals surface area contributed by atoms with Gasteiger partial charge in [-0.2, -0.15) is 0 Å². The van der Waals surface area contributed by atoms with E-state index in [2.05, 4.69) is 21.2 Å². The molecule has 19 heavy (non-hydrogen) atoms. The van der Waals surface area contributed by atoms with Crippen molar-refractivity contribution >= 4 is 39.3 Å². The summed E-state index contributed by atoms with van der Waals surface area (Å²) in [5.41, 5.74) is 7.99. The molecule has 0 heterocycles. The fourth-order valence-electron chi connectivity index (χ4n) is 1.55. The molecule has 0 atom stereocenters. The molecule has 0 saturated carbocycles. The molecule has 2 rings (SSSR count). The topological polar surface area (TPSA) is 55.1 Å². The van der Waals surface area contributed by atoms with E-state index >= 15 is 0 Å². The van der Waals surface area contributed by atoms with E-state index in [1.54, 1.807) is 12.1 Å². The highest BCUT2D eigenvalue weighted by atomic mass is 79.9. The average Bonchev–Trinajstić information content (AvgIpc) is 2.39. The smallest absolute Gasteiger partial charge is 0.248 e. The van der Waals surface area contributed by atoms with Crippen LogP contribution in [0.2, 0.25) is 0 Å². The van der Waals surface area contributed by atoms with Gasteiger partial charge < -0.3 is 11.1 Å². The minimum atomic E-state index is -0.176. The molecule has 3 N–H and O–H groups in total. The molecule has 0 radical (unpaired) electrons. The van der Waals surface area contributed by atoms with Crippen LogP contribution in [0.1, 0.15) is 5.56 Å². The normalized spacial score (nSPS) is 10.6. The molecule has 0 aromatic heterocycles. The number of benzene rings is 2. The maximum absolute atomic E-state index is 11.7. The Morgan fingerprint density at radius 1 is 1.16 bits per heavy atom. The third-order valence-electron chi connectivity index (χ3n) is 2.45. The van der Waals surface area contributed by atoms with Gasteiger partial charge in [-0.05, 0) is 48.0 Å². The summed E-state index contributed by atoms with van der Waals surface area (Å²) in [7, 11) is 0. The van der Waals surface area contributed by atoms with Crippen LogP contribution < -0.4 is 11.1 Å². The molecule has 0 aliphatic heterocycles. The van der Waals surface area contributed by atoms with E-state index in [1.807, 2.05) is 42.5 Å². The molecule has 0 aliphatic rings. The van der Waals surface area contributed by atoms with Crippen LogP contribution in [-0.4, -0.2) is 5.91 Å². The number of hydrogen-bond donors (Lipinski definition) is 2. The zero-order valence-corrected chi connectivity index (χ0v) is 11.7. The van der Waals surface area contributed by atoms with Crippen LogP contribution in [0.25, 0.3) is 6.08 Å². The van der Waals surface area contributed by atoms with Crippen molar-refractivity contribution in [2.45, 2.75) is 0 Å². The Morgan fingerprint density at radius 2 is 1.89 bits per heavy atom. The highest BCUT2D eigenvalue weighted by Crippen LogP contribution is 2.14. The SMILES string of the molecule is Nc1cccc(/C=C/C(=O)Nc2ccc(Br)cc2)c1. The van der Waals surface area contributed by atoms with E-state index in [0.29, 0.717) is 5.69 Å². The summed E-state index contributed by atoms with van der Waals surface area (Å²) >= 11 is 3.34. The summed E-state index contributed by atoms with van der Waals surface area (Å²) in [5.74, 6) is -0.176. The van der Waals surface area contributed by atoms with Crippen molar-refractivity contribution in [1.82, 2.24) is 0 Å². The lowest BCUT2D eigenvalue weighted by Crippen LogP contribution is -2.07. The van der Waals surface area contributed by atoms with Gasteiger partial charge in [0.25, 0.3) is 0 Å². The standard InChI is InChI=1S/C15H13BrN2O/c16-12-5-7-14(8-6-12)18-15(19)9-4-11-2-1-3-13(17)10-11/h1-10H,17H2,(H,18,19)/b9-4+. The van der Waals surface area contributed by atoms with Crippen molar-refractivity contribution in [1.29, 1.82) is 0 Å². The van der Waals surface area contributed by atoms with Gasteiger partial charge >= 0.3 is 0 Å². The third kappa shape index (κ3) is 4.26. The van der Waals surface area contributed by atoms with Gasteiger partial charge in [0.2, 0.25) is 5.91 Å². The van der Waals surface area contributed by atoms with E-state index in [-0.39, 0.29) is 5.91 Å². The van der Waals surface area contributed by atoms with Gasteiger partial charge in [0.05, 0.1) is 0 Å². The first-order valence-corrected chi connectivity index (χ1v) is 6.53. The maximum Gasteiger partial charge on any atom is 0.248 e. The predicted octanol–water partition coefficient (Wildman–Crippen LogP) is 3.68. The molecule has 2 aromatic rings. The third-order valence-corrected chi connectivity index (χ3v) is 2.98. The first-order chi connectivity index (χ1) is 9.13. The van der Waals surface area contributed by atoms with E-state index in [0.717, 1.165) is 15.7 Å². The zero-order chi connectivity index (χ0) is 13.7. The lowest BCUT2D eigenvalue weighted by molar-refractivity contribution is -0.111. The summed E-state index contributed by atoms with van der Waals surface area (Å²) in [5, 5.41) is 2.78. The van der Waals surface area contributed by atoms with Crippen molar-refractivity contribution in [3.05, 3.63) is 64.6 Å². The minimum Gasteiger partial charge on any atom is -0.399 e. The number of carbonyl (C=O) groups excluding carboxylic acids is 1. The Labute approximate surface area is 120 Å². The summed E-state index contributed by atoms with van der Waals surface area (Å²) in [6.07, 6.45) is 3.21. The average molecular weight is 317 g/mol. The largest absolute Gasteiger partial charge is 0.399 e. The van der Waals surface area contributed by atoms with Gasteiger partial charge in [0.15, 0.2) is 0 Å². The first-order valence-electron chi connectivity index (χ1n) is 5.74. The van der Waals surface area contributed by atoms with Crippen molar-refractivity contribution < 1.29 is 4.79 Å². The molecular weight excluding hydrogens is 304 g/mol. The van der Waals surface area contributed by atoms with Gasteiger partial charge in [-0.25, -0.2) is 0 Å². The van der Waals surface area contributed by atoms with E-state index < -0.39 is 0 Å². The summed E-state index contributed by atoms with van der Waals surface area (Å²) in [4.78, 5) is 11.7. The highest BCUT2D eigenvalue weighted by molar-refractivity contribution is 9.10. The van der Waals surface area contributed by atoms with Crippen LogP contribution in [-0.2, 0) is 4.79 Å². The highest BCUT2D eigenvalue weighted by Gasteiger charge is 1.97. The molecule has 3 nitrogen and oxygen atoms in total. The Balaban J connectivity index is 1.99. The quantitative estimate of drug-likeness (QED) is 0.670. The molecule has 4 heteroatoms. The van der Waals surface area contributed by atoms with E-state index in [1.165, 1.54) is 6.08 Å². The maximum atomic E-state index is 11.7. The van der Waals surface area contributed by atoms with E-state index in [4.69, 9.17) is 5.73 Å². The Bertz CT molecular complexity index is 606. The van der Waals surface area contributed by atoms with Crippen LogP contribution in [0, 0.1) is 0 Å². The number of nitrogen functional groups attached to an aromatic ring is 1. The lowest BCUT2D eigenvalue weighted by Gasteiger charge is -2.01. The van der Waals surface area contributed by atoms with Crippen LogP contribution in [0.15, 0.2) is 59.1 Å². The Kier molecular flexibility index (Phi) is 4.36. The number of hydrogen-bond acceptors (Lipinski definition) is 2. The van der Waals surface area contributed by atoms with Crippen molar-refractivity contribution in [3.8, 4) is 0 Å². The number of nitrogens with two attached hydrogens (primary N) is 1. The molecule has 0 bridgehead atoms. The molecule has 0 saturated heterocycles. The summed E-state index contributed by atoms with van der Waals surface area (Å²) < 4.78 is 0.973. The van der Waals surface area contributed by atoms with Crippen molar-refractivity contribution in [2.75, 3.05) is 11.1 Å². The van der Waals surface area contributed by atoms with Crippen LogP contribution in [0.4, 0.5) is 11.4 Å². The number of amides is 1. The number of carbonyl (C=O) groups is 1. The summed E-state index contributed by atoms with van der Waals surface area (Å²) in [6.45, 7) is 0. The first kappa shape index (κ1) is 13.4. The fourth-order valence-corrected chi connectivity index (χ4v) is 1.82. The Hall–Kier alpha value is -2.07. The second-order valence-electron chi connectivity index (χ2n) is 4.00. The second kappa shape index (κ2) is 6.20. The van der Waals surface area contributed by atoms with Crippen LogP contribution in [0.3, 0.4) is 0 Å². The lowest BCUT2D eigenvalue weighted by atomic mass is 10.2. The number of halogens is 1. The molecule has 2 aromatic carbocycles. The molecule has 0 spiro atoms. The molecule has 0 aliphatic carbocycles. The predicted molar refractivity (Wildman–Crippen MR) is 82.7 cm³/mol. The monoisotopic (exact) mass is 316 g/mol. The second-order valence-corrected chi connectivity index (χ2v) is 4.92. The van der Waals surface area contributed by atoms with Gasteiger partial charge in [-0.15, -0.1) is 0 Å². The molecule has 0 unspecified atom stereocenters. The van der Waals surface area contributed by atoms with Gasteiger partial charge in [0, 0.05) is 21.9 Å². The molecule has 1 amide bonds. The molecular formula is C15H13BrN2O. The Morgan fingerprint density at radius 3 is 2.58 bits per heavy atom. The van der Waals surface area contributed by atoms with Gasteiger partial charge in [0.1, 0.15) is 0 Å². The molecule has 0 fully saturated rings. The molecule has 96 valence electrons. The van der Waals surface area contributed by atoms with Crippen molar-refractivity contribution in [2.24, 2.45) is 0 Å². The number of anilines is 2. The minimum absolute atomic E-state index is 0.176. The fraction of sp³-hybridized carbons (Fsp3) is 0. The number of nitrogens with one attached hydrogen (secondary N) is 1. The van der Waals surface area contributed by atoms with E-state index in [9.17, 15) is 4.79 Å². The van der Waals surface area contributed by atoms with Crippen LogP contribution in [0.5, 0.6) is 0 Å². The zero-order valence-electron chi connectivity index (χ0n) is 10.1. The van der Waals surface area contributed by atoms with Crippen LogP contribution >= 0.6 is 15.9 Å². The van der Waals surface area contributed by atoms with Gasteiger partial charge in [-0.1, -0.05) is 28.1 Å². The van der Waals surface area contributed by atoms with Crippen molar-refractivity contribution in [3.63, 3.8) is 0 Å². The summed E-state index contributed by atoms with van der Waals surface area (Å²) in [6, 6.07) is 14.8.